The van der Waals surface area contributed by atoms with Crippen molar-refractivity contribution in [1.82, 2.24) is 14.7 Å². The Bertz CT molecular complexity index is 1330. The van der Waals surface area contributed by atoms with Crippen molar-refractivity contribution in [3.05, 3.63) is 61.2 Å². The van der Waals surface area contributed by atoms with Crippen LogP contribution in [0, 0.1) is 11.8 Å². The number of benzene rings is 1. The standard InChI is InChI=1S/C36H50BrN3O7/c1-8-11-18-27(42)38(7)24(6)30(25-16-13-12-14-17-25)46-35(45)28-29-33(43)40(23(5)21-41)32(36(29)20-26(37)31(28)47-36)34(44)39(19-10-3)22(4)15-9-2/h8,10,12-14,16-17,22-24,26,28-32,41H,1,3,9,11,15,18-21H2,2,4-7H3/t22?,23-,24-,26?,28-,29+,30+,31-,32-,36+/m1/s1. The van der Waals surface area contributed by atoms with Crippen molar-refractivity contribution in [1.29, 1.82) is 0 Å². The van der Waals surface area contributed by atoms with E-state index in [2.05, 4.69) is 29.1 Å². The summed E-state index contributed by atoms with van der Waals surface area (Å²) < 4.78 is 13.0. The van der Waals surface area contributed by atoms with Gasteiger partial charge in [0.25, 0.3) is 0 Å². The van der Waals surface area contributed by atoms with E-state index in [1.165, 1.54) is 4.90 Å². The number of hydrogen-bond donors (Lipinski definition) is 1. The lowest BCUT2D eigenvalue weighted by Gasteiger charge is -2.40. The Kier molecular flexibility index (Phi) is 12.1. The second kappa shape index (κ2) is 15.5. The van der Waals surface area contributed by atoms with Crippen LogP contribution in [0.3, 0.4) is 0 Å². The van der Waals surface area contributed by atoms with Crippen molar-refractivity contribution in [2.24, 2.45) is 11.8 Å². The van der Waals surface area contributed by atoms with Crippen LogP contribution in [0.2, 0.25) is 0 Å². The number of aliphatic hydroxyl groups is 1. The van der Waals surface area contributed by atoms with E-state index in [1.54, 1.807) is 35.9 Å². The maximum Gasteiger partial charge on any atom is 0.313 e. The van der Waals surface area contributed by atoms with Crippen molar-refractivity contribution < 1.29 is 33.8 Å². The summed E-state index contributed by atoms with van der Waals surface area (Å²) in [7, 11) is 1.68. The van der Waals surface area contributed by atoms with Gasteiger partial charge < -0.3 is 29.3 Å². The molecule has 0 radical (unpaired) electrons. The van der Waals surface area contributed by atoms with Gasteiger partial charge in [-0.2, -0.15) is 0 Å². The smallest absolute Gasteiger partial charge is 0.313 e. The molecule has 47 heavy (non-hydrogen) atoms. The van der Waals surface area contributed by atoms with Gasteiger partial charge in [-0.05, 0) is 45.6 Å². The molecule has 1 aromatic carbocycles. The first-order valence-electron chi connectivity index (χ1n) is 16.7. The average molecular weight is 717 g/mol. The topological polar surface area (TPSA) is 117 Å². The molecule has 2 bridgehead atoms. The number of alkyl halides is 1. The molecular formula is C36H50BrN3O7. The number of likely N-dealkylation sites (N-methyl/N-ethyl adjacent to an activating group) is 1. The predicted molar refractivity (Wildman–Crippen MR) is 182 cm³/mol. The van der Waals surface area contributed by atoms with E-state index in [0.717, 1.165) is 12.8 Å². The molecule has 1 aromatic rings. The minimum atomic E-state index is -1.29. The number of carbonyl (C=O) groups is 4. The number of fused-ring (bicyclic) bond motifs is 1. The highest BCUT2D eigenvalue weighted by molar-refractivity contribution is 9.09. The molecule has 0 aromatic heterocycles. The van der Waals surface area contributed by atoms with Crippen LogP contribution in [-0.4, -0.2) is 104 Å². The van der Waals surface area contributed by atoms with E-state index in [4.69, 9.17) is 9.47 Å². The Hall–Kier alpha value is -3.02. The SMILES string of the molecule is C=CCCC(=O)N(C)[C@H](C)[C@H](OC(=O)[C@H]1[C@@H]2O[C@@]3(CC2Br)[C@@H]1C(=O)N([C@H](C)CO)[C@@H]3C(=O)N(CC=C)C(C)CCC)c1ccccc1. The molecule has 3 heterocycles. The molecule has 0 saturated carbocycles. The van der Waals surface area contributed by atoms with Crippen LogP contribution in [0.1, 0.15) is 71.5 Å². The van der Waals surface area contributed by atoms with Crippen molar-refractivity contribution >= 4 is 39.6 Å². The van der Waals surface area contributed by atoms with Crippen LogP contribution in [0.4, 0.5) is 0 Å². The lowest BCUT2D eigenvalue weighted by Crippen LogP contribution is -2.59. The molecule has 0 aliphatic carbocycles. The summed E-state index contributed by atoms with van der Waals surface area (Å²) in [4.78, 5) is 60.8. The number of nitrogens with zero attached hydrogens (tertiary/aromatic N) is 3. The summed E-state index contributed by atoms with van der Waals surface area (Å²) in [6, 6.07) is 6.84. The Morgan fingerprint density at radius 2 is 1.87 bits per heavy atom. The van der Waals surface area contributed by atoms with Gasteiger partial charge >= 0.3 is 5.97 Å². The van der Waals surface area contributed by atoms with Crippen LogP contribution >= 0.6 is 15.9 Å². The fraction of sp³-hybridized carbons (Fsp3) is 0.611. The van der Waals surface area contributed by atoms with Crippen molar-refractivity contribution in [2.75, 3.05) is 20.2 Å². The molecule has 3 fully saturated rings. The summed E-state index contributed by atoms with van der Waals surface area (Å²) in [5.74, 6) is -3.42. The Morgan fingerprint density at radius 3 is 2.47 bits per heavy atom. The molecular weight excluding hydrogens is 666 g/mol. The second-order valence-corrected chi connectivity index (χ2v) is 14.4. The van der Waals surface area contributed by atoms with Gasteiger partial charge in [0.05, 0.1) is 36.6 Å². The second-order valence-electron chi connectivity index (χ2n) is 13.2. The van der Waals surface area contributed by atoms with Crippen molar-refractivity contribution in [2.45, 2.75) is 107 Å². The van der Waals surface area contributed by atoms with Crippen LogP contribution < -0.4 is 0 Å². The first kappa shape index (κ1) is 36.8. The Balaban J connectivity index is 1.73. The van der Waals surface area contributed by atoms with Crippen LogP contribution in [-0.2, 0) is 28.7 Å². The third kappa shape index (κ3) is 6.81. The third-order valence-electron chi connectivity index (χ3n) is 10.2. The molecule has 1 N–H and O–H groups in total. The van der Waals surface area contributed by atoms with Crippen molar-refractivity contribution in [3.63, 3.8) is 0 Å². The normalized spacial score (nSPS) is 28.6. The van der Waals surface area contributed by atoms with Gasteiger partial charge in [-0.3, -0.25) is 19.2 Å². The quantitative estimate of drug-likeness (QED) is 0.153. The molecule has 1 spiro atoms. The molecule has 4 rings (SSSR count). The fourth-order valence-electron chi connectivity index (χ4n) is 7.66. The van der Waals surface area contributed by atoms with Gasteiger partial charge in [0.2, 0.25) is 17.7 Å². The van der Waals surface area contributed by atoms with Gasteiger partial charge in [0.1, 0.15) is 17.7 Å². The largest absolute Gasteiger partial charge is 0.455 e. The van der Waals surface area contributed by atoms with Gasteiger partial charge in [0, 0.05) is 30.9 Å². The number of halogens is 1. The van der Waals surface area contributed by atoms with E-state index in [-0.39, 0.29) is 42.3 Å². The Morgan fingerprint density at radius 1 is 1.19 bits per heavy atom. The minimum Gasteiger partial charge on any atom is -0.455 e. The lowest BCUT2D eigenvalue weighted by molar-refractivity contribution is -0.165. The number of esters is 1. The number of aliphatic hydroxyl groups excluding tert-OH is 1. The predicted octanol–water partition coefficient (Wildman–Crippen LogP) is 4.42. The number of allylic oxidation sites excluding steroid dienone is 1. The summed E-state index contributed by atoms with van der Waals surface area (Å²) >= 11 is 3.72. The zero-order chi connectivity index (χ0) is 34.6. The third-order valence-corrected chi connectivity index (χ3v) is 11.0. The molecule has 3 amide bonds. The van der Waals surface area contributed by atoms with Crippen LogP contribution in [0.15, 0.2) is 55.6 Å². The molecule has 3 saturated heterocycles. The monoisotopic (exact) mass is 715 g/mol. The number of carbonyl (C=O) groups excluding carboxylic acids is 4. The van der Waals surface area contributed by atoms with Gasteiger partial charge in [0.15, 0.2) is 0 Å². The molecule has 10 nitrogen and oxygen atoms in total. The van der Waals surface area contributed by atoms with E-state index in [9.17, 15) is 24.3 Å². The summed E-state index contributed by atoms with van der Waals surface area (Å²) in [6.45, 7) is 15.0. The Labute approximate surface area is 287 Å². The van der Waals surface area contributed by atoms with E-state index >= 15 is 0 Å². The fourth-order valence-corrected chi connectivity index (χ4v) is 8.60. The van der Waals surface area contributed by atoms with Crippen molar-refractivity contribution in [3.8, 4) is 0 Å². The highest BCUT2D eigenvalue weighted by atomic mass is 79.9. The summed E-state index contributed by atoms with van der Waals surface area (Å²) in [5, 5.41) is 10.2. The number of likely N-dealkylation sites (tertiary alicyclic amines) is 1. The molecule has 2 unspecified atom stereocenters. The number of rotatable bonds is 16. The van der Waals surface area contributed by atoms with Crippen LogP contribution in [0.5, 0.6) is 0 Å². The van der Waals surface area contributed by atoms with Gasteiger partial charge in [-0.25, -0.2) is 0 Å². The zero-order valence-electron chi connectivity index (χ0n) is 28.2. The van der Waals surface area contributed by atoms with Crippen LogP contribution in [0.25, 0.3) is 0 Å². The zero-order valence-corrected chi connectivity index (χ0v) is 29.8. The molecule has 10 atom stereocenters. The number of amides is 3. The maximum atomic E-state index is 14.5. The van der Waals surface area contributed by atoms with Gasteiger partial charge in [-0.1, -0.05) is 71.8 Å². The van der Waals surface area contributed by atoms with E-state index in [1.807, 2.05) is 51.1 Å². The van der Waals surface area contributed by atoms with E-state index < -0.39 is 59.6 Å². The molecule has 11 heteroatoms. The molecule has 3 aliphatic rings. The lowest BCUT2D eigenvalue weighted by atomic mass is 9.70. The first-order valence-corrected chi connectivity index (χ1v) is 17.6. The number of hydrogen-bond acceptors (Lipinski definition) is 7. The summed E-state index contributed by atoms with van der Waals surface area (Å²) in [5.41, 5.74) is -0.589. The highest BCUT2D eigenvalue weighted by Gasteiger charge is 2.77. The van der Waals surface area contributed by atoms with E-state index in [0.29, 0.717) is 18.4 Å². The first-order chi connectivity index (χ1) is 22.4. The van der Waals surface area contributed by atoms with Gasteiger partial charge in [-0.15, -0.1) is 13.2 Å². The molecule has 3 aliphatic heterocycles. The number of ether oxygens (including phenoxy) is 2. The maximum absolute atomic E-state index is 14.5. The molecule has 258 valence electrons. The summed E-state index contributed by atoms with van der Waals surface area (Å²) in [6.07, 6.45) is 4.57. The highest BCUT2D eigenvalue weighted by Crippen LogP contribution is 2.61. The average Bonchev–Trinajstić information content (AvgIpc) is 3.67. The minimum absolute atomic E-state index is 0.112.